The molecule has 1 atom stereocenters. The van der Waals surface area contributed by atoms with E-state index in [9.17, 15) is 0 Å². The molecule has 0 heterocycles. The fourth-order valence-electron chi connectivity index (χ4n) is 1.73. The Balaban J connectivity index is 3.46. The normalized spacial score (nSPS) is 13.9. The molecular formula is C12H27NO. The zero-order valence-electron chi connectivity index (χ0n) is 10.3. The van der Waals surface area contributed by atoms with Crippen molar-refractivity contribution in [2.24, 2.45) is 5.92 Å². The van der Waals surface area contributed by atoms with Gasteiger partial charge >= 0.3 is 0 Å². The van der Waals surface area contributed by atoms with Crippen LogP contribution in [0.4, 0.5) is 0 Å². The fourth-order valence-corrected chi connectivity index (χ4v) is 1.73. The first-order chi connectivity index (χ1) is 6.57. The summed E-state index contributed by atoms with van der Waals surface area (Å²) in [6, 6.07) is 0.684. The van der Waals surface area contributed by atoms with E-state index in [1.165, 1.54) is 12.8 Å². The summed E-state index contributed by atoms with van der Waals surface area (Å²) in [5, 5.41) is 8.65. The van der Waals surface area contributed by atoms with Crippen LogP contribution in [0.2, 0.25) is 0 Å². The summed E-state index contributed by atoms with van der Waals surface area (Å²) in [5.74, 6) is 0.782. The minimum atomic E-state index is 0.339. The topological polar surface area (TPSA) is 23.5 Å². The molecule has 0 aliphatic carbocycles. The van der Waals surface area contributed by atoms with Crippen molar-refractivity contribution in [1.82, 2.24) is 4.90 Å². The Morgan fingerprint density at radius 2 is 1.71 bits per heavy atom. The monoisotopic (exact) mass is 201 g/mol. The van der Waals surface area contributed by atoms with E-state index in [0.717, 1.165) is 25.3 Å². The van der Waals surface area contributed by atoms with Gasteiger partial charge in [0.1, 0.15) is 0 Å². The summed E-state index contributed by atoms with van der Waals surface area (Å²) in [6.07, 6.45) is 4.58. The fraction of sp³-hybridized carbons (Fsp3) is 1.00. The number of aliphatic hydroxyl groups is 1. The lowest BCUT2D eigenvalue weighted by Crippen LogP contribution is -2.31. The SMILES string of the molecule is CC(C)CC(C)N(C)CCCCCO. The van der Waals surface area contributed by atoms with E-state index < -0.39 is 0 Å². The summed E-state index contributed by atoms with van der Waals surface area (Å²) < 4.78 is 0. The Morgan fingerprint density at radius 1 is 1.07 bits per heavy atom. The first-order valence-corrected chi connectivity index (χ1v) is 5.89. The lowest BCUT2D eigenvalue weighted by atomic mass is 10.0. The Bertz CT molecular complexity index is 125. The van der Waals surface area contributed by atoms with Gasteiger partial charge in [-0.2, -0.15) is 0 Å². The lowest BCUT2D eigenvalue weighted by molar-refractivity contribution is 0.219. The summed E-state index contributed by atoms with van der Waals surface area (Å²) in [7, 11) is 2.20. The second kappa shape index (κ2) is 8.25. The molecular weight excluding hydrogens is 174 g/mol. The number of hydrogen-bond acceptors (Lipinski definition) is 2. The maximum atomic E-state index is 8.65. The smallest absolute Gasteiger partial charge is 0.0431 e. The molecule has 0 bridgehead atoms. The first-order valence-electron chi connectivity index (χ1n) is 5.89. The molecule has 0 spiro atoms. The molecule has 0 saturated carbocycles. The van der Waals surface area contributed by atoms with Crippen LogP contribution in [0.25, 0.3) is 0 Å². The Labute approximate surface area is 89.3 Å². The molecule has 2 nitrogen and oxygen atoms in total. The second-order valence-corrected chi connectivity index (χ2v) is 4.74. The van der Waals surface area contributed by atoms with E-state index in [2.05, 4.69) is 32.7 Å². The highest BCUT2D eigenvalue weighted by atomic mass is 16.2. The summed E-state index contributed by atoms with van der Waals surface area (Å²) >= 11 is 0. The van der Waals surface area contributed by atoms with Crippen LogP contribution in [0.3, 0.4) is 0 Å². The third-order valence-electron chi connectivity index (χ3n) is 2.73. The number of aliphatic hydroxyl groups excluding tert-OH is 1. The summed E-state index contributed by atoms with van der Waals surface area (Å²) in [6.45, 7) is 8.34. The molecule has 0 radical (unpaired) electrons. The van der Waals surface area contributed by atoms with Crippen molar-refractivity contribution in [3.05, 3.63) is 0 Å². The van der Waals surface area contributed by atoms with Crippen molar-refractivity contribution >= 4 is 0 Å². The van der Waals surface area contributed by atoms with Gasteiger partial charge in [-0.05, 0) is 52.1 Å². The molecule has 0 aromatic carbocycles. The second-order valence-electron chi connectivity index (χ2n) is 4.74. The third-order valence-corrected chi connectivity index (χ3v) is 2.73. The van der Waals surface area contributed by atoms with Crippen molar-refractivity contribution in [2.75, 3.05) is 20.2 Å². The average molecular weight is 201 g/mol. The van der Waals surface area contributed by atoms with Crippen molar-refractivity contribution in [3.8, 4) is 0 Å². The molecule has 1 N–H and O–H groups in total. The van der Waals surface area contributed by atoms with E-state index >= 15 is 0 Å². The number of hydrogen-bond donors (Lipinski definition) is 1. The predicted octanol–water partition coefficient (Wildman–Crippen LogP) is 2.52. The van der Waals surface area contributed by atoms with Crippen LogP contribution in [-0.2, 0) is 0 Å². The van der Waals surface area contributed by atoms with E-state index in [4.69, 9.17) is 5.11 Å². The Morgan fingerprint density at radius 3 is 2.21 bits per heavy atom. The van der Waals surface area contributed by atoms with Crippen LogP contribution < -0.4 is 0 Å². The highest BCUT2D eigenvalue weighted by molar-refractivity contribution is 4.65. The quantitative estimate of drug-likeness (QED) is 0.610. The molecule has 0 aromatic rings. The van der Waals surface area contributed by atoms with Crippen molar-refractivity contribution < 1.29 is 5.11 Å². The van der Waals surface area contributed by atoms with Gasteiger partial charge in [0.2, 0.25) is 0 Å². The highest BCUT2D eigenvalue weighted by Crippen LogP contribution is 2.10. The molecule has 14 heavy (non-hydrogen) atoms. The van der Waals surface area contributed by atoms with Crippen LogP contribution in [-0.4, -0.2) is 36.2 Å². The van der Waals surface area contributed by atoms with Crippen LogP contribution in [0, 0.1) is 5.92 Å². The average Bonchev–Trinajstić information content (AvgIpc) is 2.11. The highest BCUT2D eigenvalue weighted by Gasteiger charge is 2.09. The molecule has 0 aliphatic heterocycles. The van der Waals surface area contributed by atoms with Crippen molar-refractivity contribution in [1.29, 1.82) is 0 Å². The largest absolute Gasteiger partial charge is 0.396 e. The maximum absolute atomic E-state index is 8.65. The van der Waals surface area contributed by atoms with Gasteiger partial charge in [0.05, 0.1) is 0 Å². The summed E-state index contributed by atoms with van der Waals surface area (Å²) in [5.41, 5.74) is 0. The minimum Gasteiger partial charge on any atom is -0.396 e. The molecule has 0 saturated heterocycles. The Hall–Kier alpha value is -0.0800. The van der Waals surface area contributed by atoms with Gasteiger partial charge in [-0.15, -0.1) is 0 Å². The molecule has 1 unspecified atom stereocenters. The predicted molar refractivity (Wildman–Crippen MR) is 62.5 cm³/mol. The molecule has 0 amide bonds. The van der Waals surface area contributed by atoms with Gasteiger partial charge in [0.15, 0.2) is 0 Å². The van der Waals surface area contributed by atoms with Crippen LogP contribution in [0.1, 0.15) is 46.5 Å². The third kappa shape index (κ3) is 7.34. The molecule has 0 aromatic heterocycles. The van der Waals surface area contributed by atoms with Gasteiger partial charge < -0.3 is 10.0 Å². The van der Waals surface area contributed by atoms with Gasteiger partial charge in [-0.3, -0.25) is 0 Å². The van der Waals surface area contributed by atoms with Gasteiger partial charge in [0, 0.05) is 12.6 Å². The number of rotatable bonds is 8. The van der Waals surface area contributed by atoms with E-state index in [1.54, 1.807) is 0 Å². The van der Waals surface area contributed by atoms with Gasteiger partial charge in [-0.25, -0.2) is 0 Å². The Kier molecular flexibility index (Phi) is 8.20. The van der Waals surface area contributed by atoms with Gasteiger partial charge in [0.25, 0.3) is 0 Å². The minimum absolute atomic E-state index is 0.339. The zero-order valence-corrected chi connectivity index (χ0v) is 10.3. The van der Waals surface area contributed by atoms with Crippen molar-refractivity contribution in [3.63, 3.8) is 0 Å². The van der Waals surface area contributed by atoms with Crippen LogP contribution in [0.15, 0.2) is 0 Å². The van der Waals surface area contributed by atoms with Crippen molar-refractivity contribution in [2.45, 2.75) is 52.5 Å². The summed E-state index contributed by atoms with van der Waals surface area (Å²) in [4.78, 5) is 2.43. The maximum Gasteiger partial charge on any atom is 0.0431 e. The lowest BCUT2D eigenvalue weighted by Gasteiger charge is -2.26. The van der Waals surface area contributed by atoms with Crippen LogP contribution in [0.5, 0.6) is 0 Å². The standard InChI is InChI=1S/C12H27NO/c1-11(2)10-12(3)13(4)8-6-5-7-9-14/h11-12,14H,5-10H2,1-4H3. The van der Waals surface area contributed by atoms with Gasteiger partial charge in [-0.1, -0.05) is 13.8 Å². The zero-order chi connectivity index (χ0) is 11.0. The molecule has 0 aliphatic rings. The molecule has 0 rings (SSSR count). The number of unbranched alkanes of at least 4 members (excludes halogenated alkanes) is 2. The van der Waals surface area contributed by atoms with E-state index in [-0.39, 0.29) is 0 Å². The van der Waals surface area contributed by atoms with E-state index in [1.807, 2.05) is 0 Å². The first kappa shape index (κ1) is 13.9. The van der Waals surface area contributed by atoms with E-state index in [0.29, 0.717) is 12.6 Å². The molecule has 86 valence electrons. The molecule has 0 fully saturated rings. The molecule has 2 heteroatoms. The number of nitrogens with zero attached hydrogens (tertiary/aromatic N) is 1. The van der Waals surface area contributed by atoms with Crippen LogP contribution >= 0.6 is 0 Å².